The molecule has 0 aliphatic heterocycles. The normalized spacial score (nSPS) is 11.8. The maximum Gasteiger partial charge on any atom is 0.573 e. The third kappa shape index (κ3) is 5.44. The fraction of sp³-hybridized carbons (Fsp3) is 0.100. The summed E-state index contributed by atoms with van der Waals surface area (Å²) < 4.78 is 85.0. The van der Waals surface area contributed by atoms with Crippen LogP contribution in [-0.4, -0.2) is 28.8 Å². The number of aromatic carboxylic acids is 1. The van der Waals surface area contributed by atoms with Crippen molar-refractivity contribution in [3.8, 4) is 33.9 Å². The van der Waals surface area contributed by atoms with Gasteiger partial charge in [-0.3, -0.25) is 0 Å². The number of pyridine rings is 1. The van der Waals surface area contributed by atoms with E-state index in [4.69, 9.17) is 0 Å². The van der Waals surface area contributed by atoms with Crippen LogP contribution >= 0.6 is 0 Å². The zero-order valence-corrected chi connectivity index (χ0v) is 15.2. The summed E-state index contributed by atoms with van der Waals surface area (Å²) in [6.07, 6.45) is -10.1. The summed E-state index contributed by atoms with van der Waals surface area (Å²) in [5, 5.41) is 9.23. The highest BCUT2D eigenvalue weighted by Gasteiger charge is 2.34. The van der Waals surface area contributed by atoms with E-state index in [-0.39, 0.29) is 22.4 Å². The Hall–Kier alpha value is -3.76. The summed E-state index contributed by atoms with van der Waals surface area (Å²) in [6, 6.07) is 11.8. The molecular weight excluding hydrogens is 432 g/mol. The molecule has 1 aromatic heterocycles. The van der Waals surface area contributed by atoms with Crippen LogP contribution in [0.1, 0.15) is 10.5 Å². The zero-order chi connectivity index (χ0) is 22.8. The lowest BCUT2D eigenvalue weighted by molar-refractivity contribution is -0.275. The van der Waals surface area contributed by atoms with E-state index in [0.29, 0.717) is 0 Å². The van der Waals surface area contributed by atoms with E-state index in [0.717, 1.165) is 24.3 Å². The van der Waals surface area contributed by atoms with Crippen LogP contribution in [0, 0.1) is 0 Å². The van der Waals surface area contributed by atoms with E-state index in [1.807, 2.05) is 0 Å². The summed E-state index contributed by atoms with van der Waals surface area (Å²) in [4.78, 5) is 15.2. The van der Waals surface area contributed by atoms with Gasteiger partial charge in [-0.05, 0) is 30.3 Å². The SMILES string of the molecule is O=C(O)c1ccc(-c2ccccc2OC(F)(F)F)c(-c2ccccc2OC(F)(F)F)n1. The lowest BCUT2D eigenvalue weighted by atomic mass is 9.97. The van der Waals surface area contributed by atoms with Crippen molar-refractivity contribution in [3.63, 3.8) is 0 Å². The molecule has 0 aliphatic carbocycles. The molecule has 0 radical (unpaired) electrons. The van der Waals surface area contributed by atoms with E-state index in [1.165, 1.54) is 36.4 Å². The predicted octanol–water partition coefficient (Wildman–Crippen LogP) is 5.91. The molecular formula is C20H11F6NO4. The first-order valence-corrected chi connectivity index (χ1v) is 8.39. The van der Waals surface area contributed by atoms with Crippen molar-refractivity contribution < 1.29 is 45.7 Å². The minimum atomic E-state index is -5.07. The highest BCUT2D eigenvalue weighted by atomic mass is 19.4. The first-order chi connectivity index (χ1) is 14.4. The molecule has 162 valence electrons. The molecule has 3 rings (SSSR count). The predicted molar refractivity (Wildman–Crippen MR) is 95.4 cm³/mol. The number of rotatable bonds is 5. The Kier molecular flexibility index (Phi) is 5.78. The van der Waals surface area contributed by atoms with Crippen molar-refractivity contribution >= 4 is 5.97 Å². The van der Waals surface area contributed by atoms with Gasteiger partial charge in [0.1, 0.15) is 17.2 Å². The molecule has 0 amide bonds. The summed E-state index contributed by atoms with van der Waals surface area (Å²) in [6.45, 7) is 0. The van der Waals surface area contributed by atoms with Crippen molar-refractivity contribution in [2.75, 3.05) is 0 Å². The number of carboxylic acid groups (broad SMARTS) is 1. The highest BCUT2D eigenvalue weighted by molar-refractivity contribution is 5.91. The number of carbonyl (C=O) groups is 1. The average Bonchev–Trinajstić information content (AvgIpc) is 2.66. The maximum atomic E-state index is 12.8. The molecule has 5 nitrogen and oxygen atoms in total. The van der Waals surface area contributed by atoms with Gasteiger partial charge in [0.25, 0.3) is 0 Å². The van der Waals surface area contributed by atoms with Crippen LogP contribution in [0.5, 0.6) is 11.5 Å². The minimum Gasteiger partial charge on any atom is -0.477 e. The van der Waals surface area contributed by atoms with Gasteiger partial charge in [-0.15, -0.1) is 26.3 Å². The fourth-order valence-electron chi connectivity index (χ4n) is 2.78. The minimum absolute atomic E-state index is 0.0944. The Morgan fingerprint density at radius 2 is 1.19 bits per heavy atom. The van der Waals surface area contributed by atoms with Gasteiger partial charge in [0, 0.05) is 16.7 Å². The molecule has 0 saturated heterocycles. The number of benzene rings is 2. The van der Waals surface area contributed by atoms with Crippen molar-refractivity contribution in [1.82, 2.24) is 4.98 Å². The number of nitrogens with zero attached hydrogens (tertiary/aromatic N) is 1. The molecule has 0 saturated carbocycles. The average molecular weight is 443 g/mol. The quantitative estimate of drug-likeness (QED) is 0.497. The molecule has 0 atom stereocenters. The molecule has 11 heteroatoms. The van der Waals surface area contributed by atoms with Crippen LogP contribution in [0.25, 0.3) is 22.4 Å². The monoisotopic (exact) mass is 443 g/mol. The number of carboxylic acids is 1. The number of para-hydroxylation sites is 2. The van der Waals surface area contributed by atoms with Crippen molar-refractivity contribution in [2.45, 2.75) is 12.7 Å². The van der Waals surface area contributed by atoms with Gasteiger partial charge >= 0.3 is 18.7 Å². The number of hydrogen-bond donors (Lipinski definition) is 1. The first kappa shape index (κ1) is 21.9. The van der Waals surface area contributed by atoms with Gasteiger partial charge in [-0.25, -0.2) is 9.78 Å². The second kappa shape index (κ2) is 8.17. The lowest BCUT2D eigenvalue weighted by Crippen LogP contribution is -2.18. The Labute approximate surface area is 170 Å². The molecule has 1 N–H and O–H groups in total. The number of halogens is 6. The number of aromatic nitrogens is 1. The molecule has 0 aliphatic rings. The fourth-order valence-corrected chi connectivity index (χ4v) is 2.78. The van der Waals surface area contributed by atoms with Gasteiger partial charge in [-0.2, -0.15) is 0 Å². The van der Waals surface area contributed by atoms with Crippen LogP contribution in [-0.2, 0) is 0 Å². The molecule has 0 unspecified atom stereocenters. The van der Waals surface area contributed by atoms with Crippen LogP contribution in [0.3, 0.4) is 0 Å². The van der Waals surface area contributed by atoms with Crippen LogP contribution in [0.2, 0.25) is 0 Å². The molecule has 31 heavy (non-hydrogen) atoms. The summed E-state index contributed by atoms with van der Waals surface area (Å²) in [7, 11) is 0. The topological polar surface area (TPSA) is 68.7 Å². The van der Waals surface area contributed by atoms with E-state index < -0.39 is 35.9 Å². The van der Waals surface area contributed by atoms with E-state index in [2.05, 4.69) is 14.5 Å². The second-order valence-corrected chi connectivity index (χ2v) is 5.99. The summed E-state index contributed by atoms with van der Waals surface area (Å²) in [5.41, 5.74) is -1.41. The van der Waals surface area contributed by atoms with Crippen LogP contribution in [0.15, 0.2) is 60.7 Å². The van der Waals surface area contributed by atoms with Gasteiger partial charge in [-0.1, -0.05) is 30.3 Å². The highest BCUT2D eigenvalue weighted by Crippen LogP contribution is 2.41. The van der Waals surface area contributed by atoms with Gasteiger partial charge in [0.2, 0.25) is 0 Å². The standard InChI is InChI=1S/C20H11F6NO4/c21-19(22,23)30-15-7-3-1-5-11(15)12-9-10-14(18(28)29)27-17(12)13-6-2-4-8-16(13)31-20(24,25)26/h1-10H,(H,28,29). The third-order valence-electron chi connectivity index (χ3n) is 3.89. The molecule has 0 spiro atoms. The Morgan fingerprint density at radius 3 is 1.71 bits per heavy atom. The van der Waals surface area contributed by atoms with Gasteiger partial charge in [0.15, 0.2) is 0 Å². The smallest absolute Gasteiger partial charge is 0.477 e. The third-order valence-corrected chi connectivity index (χ3v) is 3.89. The second-order valence-electron chi connectivity index (χ2n) is 5.99. The Bertz CT molecular complexity index is 1110. The van der Waals surface area contributed by atoms with E-state index in [9.17, 15) is 36.2 Å². The Morgan fingerprint density at radius 1 is 0.710 bits per heavy atom. The number of ether oxygens (including phenoxy) is 2. The lowest BCUT2D eigenvalue weighted by Gasteiger charge is -2.18. The molecule has 0 fully saturated rings. The van der Waals surface area contributed by atoms with Crippen LogP contribution < -0.4 is 9.47 Å². The van der Waals surface area contributed by atoms with Crippen molar-refractivity contribution in [3.05, 3.63) is 66.4 Å². The first-order valence-electron chi connectivity index (χ1n) is 8.39. The molecule has 3 aromatic rings. The number of alkyl halides is 6. The van der Waals surface area contributed by atoms with Gasteiger partial charge in [0.05, 0.1) is 5.69 Å². The van der Waals surface area contributed by atoms with Crippen LogP contribution in [0.4, 0.5) is 26.3 Å². The Balaban J connectivity index is 2.27. The van der Waals surface area contributed by atoms with E-state index >= 15 is 0 Å². The van der Waals surface area contributed by atoms with Crippen molar-refractivity contribution in [2.24, 2.45) is 0 Å². The zero-order valence-electron chi connectivity index (χ0n) is 15.2. The molecule has 2 aromatic carbocycles. The summed E-state index contributed by atoms with van der Waals surface area (Å²) >= 11 is 0. The summed E-state index contributed by atoms with van der Waals surface area (Å²) in [5.74, 6) is -2.84. The largest absolute Gasteiger partial charge is 0.573 e. The van der Waals surface area contributed by atoms with Crippen molar-refractivity contribution in [1.29, 1.82) is 0 Å². The van der Waals surface area contributed by atoms with Gasteiger partial charge < -0.3 is 14.6 Å². The number of hydrogen-bond acceptors (Lipinski definition) is 4. The maximum absolute atomic E-state index is 12.8. The molecule has 0 bridgehead atoms. The van der Waals surface area contributed by atoms with E-state index in [1.54, 1.807) is 0 Å². The molecule has 1 heterocycles.